The molecule has 1 atom stereocenters. The Balaban J connectivity index is 2.14. The van der Waals surface area contributed by atoms with Gasteiger partial charge in [0.15, 0.2) is 0 Å². The predicted octanol–water partition coefficient (Wildman–Crippen LogP) is 3.06. The topological polar surface area (TPSA) is 75.7 Å². The number of unbranched alkanes of at least 4 members (excludes halogenated alkanes) is 2. The maximum absolute atomic E-state index is 12.8. The molecule has 1 unspecified atom stereocenters. The lowest BCUT2D eigenvalue weighted by Crippen LogP contribution is -2.40. The van der Waals surface area contributed by atoms with E-state index in [2.05, 4.69) is 12.2 Å². The van der Waals surface area contributed by atoms with E-state index in [1.54, 1.807) is 6.07 Å². The molecule has 2 rings (SSSR count). The Hall–Kier alpha value is -1.15. The summed E-state index contributed by atoms with van der Waals surface area (Å²) in [6.07, 6.45) is 4.20. The zero-order valence-electron chi connectivity index (χ0n) is 15.3. The van der Waals surface area contributed by atoms with Gasteiger partial charge >= 0.3 is 0 Å². The van der Waals surface area contributed by atoms with Crippen LogP contribution in [0.25, 0.3) is 0 Å². The number of hydrogen-bond donors (Lipinski definition) is 1. The molecule has 1 saturated heterocycles. The van der Waals surface area contributed by atoms with Gasteiger partial charge in [0, 0.05) is 24.7 Å². The van der Waals surface area contributed by atoms with E-state index in [4.69, 9.17) is 16.3 Å². The largest absolute Gasteiger partial charge is 0.379 e. The molecule has 1 aromatic rings. The first-order valence-electron chi connectivity index (χ1n) is 9.04. The first kappa shape index (κ1) is 21.2. The first-order chi connectivity index (χ1) is 12.4. The van der Waals surface area contributed by atoms with Crippen molar-refractivity contribution in [2.75, 3.05) is 26.3 Å². The number of rotatable bonds is 8. The van der Waals surface area contributed by atoms with Gasteiger partial charge in [-0.2, -0.15) is 4.31 Å². The molecule has 1 fully saturated rings. The summed E-state index contributed by atoms with van der Waals surface area (Å²) in [5.74, 6) is -0.288. The van der Waals surface area contributed by atoms with Crippen LogP contribution in [0.15, 0.2) is 23.1 Å². The summed E-state index contributed by atoms with van der Waals surface area (Å²) in [6.45, 7) is 5.36. The number of benzene rings is 1. The fourth-order valence-corrected chi connectivity index (χ4v) is 4.76. The minimum atomic E-state index is -3.75. The number of amides is 1. The number of ether oxygens (including phenoxy) is 1. The number of carbonyl (C=O) groups excluding carboxylic acids is 1. The Morgan fingerprint density at radius 3 is 2.65 bits per heavy atom. The van der Waals surface area contributed by atoms with Crippen molar-refractivity contribution in [3.63, 3.8) is 0 Å². The van der Waals surface area contributed by atoms with Gasteiger partial charge in [0.05, 0.1) is 18.2 Å². The number of sulfonamides is 1. The van der Waals surface area contributed by atoms with E-state index in [-0.39, 0.29) is 35.0 Å². The predicted molar refractivity (Wildman–Crippen MR) is 102 cm³/mol. The molecule has 6 nitrogen and oxygen atoms in total. The third-order valence-corrected chi connectivity index (χ3v) is 6.78. The highest BCUT2D eigenvalue weighted by molar-refractivity contribution is 7.89. The normalized spacial score (nSPS) is 17.0. The van der Waals surface area contributed by atoms with Crippen LogP contribution in [-0.4, -0.2) is 51.0 Å². The van der Waals surface area contributed by atoms with Crippen molar-refractivity contribution >= 4 is 27.5 Å². The molecule has 0 saturated carbocycles. The lowest BCUT2D eigenvalue weighted by atomic mass is 10.1. The number of halogens is 1. The molecule has 1 amide bonds. The van der Waals surface area contributed by atoms with E-state index in [0.717, 1.165) is 25.7 Å². The number of morpholine rings is 1. The molecule has 1 aliphatic rings. The summed E-state index contributed by atoms with van der Waals surface area (Å²) < 4.78 is 32.2. The highest BCUT2D eigenvalue weighted by Crippen LogP contribution is 2.26. The van der Waals surface area contributed by atoms with Gasteiger partial charge in [-0.3, -0.25) is 4.79 Å². The summed E-state index contributed by atoms with van der Waals surface area (Å²) in [4.78, 5) is 12.4. The first-order valence-corrected chi connectivity index (χ1v) is 10.9. The lowest BCUT2D eigenvalue weighted by molar-refractivity contribution is 0.0730. The minimum absolute atomic E-state index is 0.0315. The van der Waals surface area contributed by atoms with Crippen molar-refractivity contribution < 1.29 is 17.9 Å². The maximum Gasteiger partial charge on any atom is 0.251 e. The summed E-state index contributed by atoms with van der Waals surface area (Å²) in [5.41, 5.74) is 0.295. The van der Waals surface area contributed by atoms with Crippen LogP contribution in [0.5, 0.6) is 0 Å². The lowest BCUT2D eigenvalue weighted by Gasteiger charge is -2.26. The zero-order valence-corrected chi connectivity index (χ0v) is 16.9. The standard InChI is InChI=1S/C18H27ClN2O4S/c1-3-4-5-6-14(2)20-18(22)15-7-8-16(19)17(13-15)26(23,24)21-9-11-25-12-10-21/h7-8,13-14H,3-6,9-12H2,1-2H3,(H,20,22). The van der Waals surface area contributed by atoms with Gasteiger partial charge in [0.25, 0.3) is 5.91 Å². The molecule has 8 heteroatoms. The Bertz CT molecular complexity index is 718. The molecule has 0 aliphatic carbocycles. The average molecular weight is 403 g/mol. The maximum atomic E-state index is 12.8. The molecule has 0 radical (unpaired) electrons. The molecular formula is C18H27ClN2O4S. The van der Waals surface area contributed by atoms with E-state index in [9.17, 15) is 13.2 Å². The fraction of sp³-hybridized carbons (Fsp3) is 0.611. The fourth-order valence-electron chi connectivity index (χ4n) is 2.85. The van der Waals surface area contributed by atoms with Crippen LogP contribution in [0.2, 0.25) is 5.02 Å². The Labute approximate surface area is 160 Å². The number of nitrogens with zero attached hydrogens (tertiary/aromatic N) is 1. The van der Waals surface area contributed by atoms with E-state index in [1.165, 1.54) is 16.4 Å². The van der Waals surface area contributed by atoms with Crippen LogP contribution in [0, 0.1) is 0 Å². The van der Waals surface area contributed by atoms with Gasteiger partial charge in [-0.05, 0) is 31.5 Å². The van der Waals surface area contributed by atoms with Gasteiger partial charge in [0.2, 0.25) is 10.0 Å². The Morgan fingerprint density at radius 1 is 1.31 bits per heavy atom. The van der Waals surface area contributed by atoms with Crippen molar-refractivity contribution in [2.24, 2.45) is 0 Å². The van der Waals surface area contributed by atoms with E-state index < -0.39 is 10.0 Å². The van der Waals surface area contributed by atoms with Gasteiger partial charge in [-0.25, -0.2) is 8.42 Å². The minimum Gasteiger partial charge on any atom is -0.379 e. The molecule has 26 heavy (non-hydrogen) atoms. The number of hydrogen-bond acceptors (Lipinski definition) is 4. The van der Waals surface area contributed by atoms with Crippen LogP contribution in [0.1, 0.15) is 49.9 Å². The summed E-state index contributed by atoms with van der Waals surface area (Å²) in [6, 6.07) is 4.41. The SMILES string of the molecule is CCCCCC(C)NC(=O)c1ccc(Cl)c(S(=O)(=O)N2CCOCC2)c1. The smallest absolute Gasteiger partial charge is 0.251 e. The number of carbonyl (C=O) groups is 1. The third-order valence-electron chi connectivity index (χ3n) is 4.40. The van der Waals surface area contributed by atoms with Crippen LogP contribution >= 0.6 is 11.6 Å². The summed E-state index contributed by atoms with van der Waals surface area (Å²) in [7, 11) is -3.75. The Kier molecular flexibility index (Phi) is 7.88. The van der Waals surface area contributed by atoms with E-state index in [1.807, 2.05) is 6.92 Å². The molecule has 1 aromatic carbocycles. The molecule has 1 N–H and O–H groups in total. The van der Waals surface area contributed by atoms with Crippen LogP contribution < -0.4 is 5.32 Å². The van der Waals surface area contributed by atoms with Crippen molar-refractivity contribution in [1.29, 1.82) is 0 Å². The molecule has 146 valence electrons. The summed E-state index contributed by atoms with van der Waals surface area (Å²) in [5, 5.41) is 3.04. The molecule has 1 heterocycles. The monoisotopic (exact) mass is 402 g/mol. The Morgan fingerprint density at radius 2 is 2.00 bits per heavy atom. The third kappa shape index (κ3) is 5.42. The van der Waals surface area contributed by atoms with Crippen LogP contribution in [-0.2, 0) is 14.8 Å². The van der Waals surface area contributed by atoms with E-state index in [0.29, 0.717) is 18.8 Å². The second-order valence-electron chi connectivity index (χ2n) is 6.53. The van der Waals surface area contributed by atoms with Gasteiger partial charge < -0.3 is 10.1 Å². The molecule has 1 aliphatic heterocycles. The van der Waals surface area contributed by atoms with Crippen LogP contribution in [0.3, 0.4) is 0 Å². The van der Waals surface area contributed by atoms with Crippen LogP contribution in [0.4, 0.5) is 0 Å². The molecular weight excluding hydrogens is 376 g/mol. The number of nitrogens with one attached hydrogen (secondary N) is 1. The van der Waals surface area contributed by atoms with Gasteiger partial charge in [0.1, 0.15) is 4.90 Å². The highest BCUT2D eigenvalue weighted by Gasteiger charge is 2.29. The quantitative estimate of drug-likeness (QED) is 0.678. The average Bonchev–Trinajstić information content (AvgIpc) is 2.62. The second-order valence-corrected chi connectivity index (χ2v) is 8.85. The van der Waals surface area contributed by atoms with Crippen molar-refractivity contribution in [3.05, 3.63) is 28.8 Å². The van der Waals surface area contributed by atoms with Crippen molar-refractivity contribution in [1.82, 2.24) is 9.62 Å². The molecule has 0 aromatic heterocycles. The van der Waals surface area contributed by atoms with Gasteiger partial charge in [-0.15, -0.1) is 0 Å². The van der Waals surface area contributed by atoms with Crippen molar-refractivity contribution in [2.45, 2.75) is 50.5 Å². The highest BCUT2D eigenvalue weighted by atomic mass is 35.5. The molecule has 0 bridgehead atoms. The molecule has 0 spiro atoms. The van der Waals surface area contributed by atoms with Crippen molar-refractivity contribution in [3.8, 4) is 0 Å². The van der Waals surface area contributed by atoms with Gasteiger partial charge in [-0.1, -0.05) is 37.8 Å². The summed E-state index contributed by atoms with van der Waals surface area (Å²) >= 11 is 6.13. The van der Waals surface area contributed by atoms with E-state index >= 15 is 0 Å². The second kappa shape index (κ2) is 9.69. The zero-order chi connectivity index (χ0) is 19.2.